The molecule has 0 fully saturated rings. The minimum absolute atomic E-state index is 0.0181. The lowest BCUT2D eigenvalue weighted by Crippen LogP contribution is -2.30. The van der Waals surface area contributed by atoms with Crippen molar-refractivity contribution >= 4 is 5.91 Å². The van der Waals surface area contributed by atoms with Gasteiger partial charge in [0.05, 0.1) is 0 Å². The first-order valence-electron chi connectivity index (χ1n) is 8.05. The van der Waals surface area contributed by atoms with E-state index in [-0.39, 0.29) is 12.5 Å². The summed E-state index contributed by atoms with van der Waals surface area (Å²) >= 11 is 0. The molecule has 1 aliphatic heterocycles. The van der Waals surface area contributed by atoms with E-state index in [2.05, 4.69) is 5.32 Å². The third kappa shape index (κ3) is 4.41. The lowest BCUT2D eigenvalue weighted by Gasteiger charge is -2.18. The fourth-order valence-electron chi connectivity index (χ4n) is 2.42. The Morgan fingerprint density at radius 2 is 1.83 bits per heavy atom. The zero-order valence-electron chi connectivity index (χ0n) is 13.7. The summed E-state index contributed by atoms with van der Waals surface area (Å²) in [6, 6.07) is 13.5. The molecule has 1 amide bonds. The maximum Gasteiger partial charge on any atom is 0.257 e. The molecule has 0 aromatic heterocycles. The molecule has 0 spiro atoms. The lowest BCUT2D eigenvalue weighted by molar-refractivity contribution is -0.123. The van der Waals surface area contributed by atoms with Crippen molar-refractivity contribution in [3.8, 4) is 17.2 Å². The average molecular weight is 327 g/mol. The first kappa shape index (κ1) is 16.2. The topological polar surface area (TPSA) is 56.8 Å². The largest absolute Gasteiger partial charge is 0.486 e. The van der Waals surface area contributed by atoms with E-state index in [1.807, 2.05) is 49.4 Å². The Hall–Kier alpha value is -2.69. The van der Waals surface area contributed by atoms with Gasteiger partial charge in [0.1, 0.15) is 19.0 Å². The number of hydrogen-bond acceptors (Lipinski definition) is 4. The Kier molecular flexibility index (Phi) is 5.21. The zero-order valence-corrected chi connectivity index (χ0v) is 13.7. The molecule has 1 N–H and O–H groups in total. The van der Waals surface area contributed by atoms with Crippen LogP contribution in [0.25, 0.3) is 0 Å². The van der Waals surface area contributed by atoms with Gasteiger partial charge in [0.15, 0.2) is 18.1 Å². The molecule has 0 atom stereocenters. The van der Waals surface area contributed by atoms with Gasteiger partial charge in [-0.15, -0.1) is 0 Å². The fraction of sp³-hybridized carbons (Fsp3) is 0.316. The number of carbonyl (C=O) groups is 1. The molecule has 2 aromatic rings. The number of aryl methyl sites for hydroxylation is 1. The van der Waals surface area contributed by atoms with Gasteiger partial charge in [-0.3, -0.25) is 4.79 Å². The quantitative estimate of drug-likeness (QED) is 0.886. The molecule has 0 unspecified atom stereocenters. The van der Waals surface area contributed by atoms with Crippen LogP contribution in [-0.2, 0) is 11.2 Å². The van der Waals surface area contributed by atoms with E-state index in [9.17, 15) is 4.79 Å². The van der Waals surface area contributed by atoms with Crippen LogP contribution in [0.1, 0.15) is 11.1 Å². The van der Waals surface area contributed by atoms with Gasteiger partial charge in [0.2, 0.25) is 0 Å². The van der Waals surface area contributed by atoms with Crippen molar-refractivity contribution in [1.29, 1.82) is 0 Å². The van der Waals surface area contributed by atoms with Gasteiger partial charge >= 0.3 is 0 Å². The van der Waals surface area contributed by atoms with E-state index in [0.717, 1.165) is 29.0 Å². The number of ether oxygens (including phenoxy) is 3. The maximum atomic E-state index is 11.8. The van der Waals surface area contributed by atoms with Crippen LogP contribution >= 0.6 is 0 Å². The summed E-state index contributed by atoms with van der Waals surface area (Å²) in [5, 5.41) is 2.86. The smallest absolute Gasteiger partial charge is 0.257 e. The predicted molar refractivity (Wildman–Crippen MR) is 90.8 cm³/mol. The van der Waals surface area contributed by atoms with E-state index in [1.165, 1.54) is 0 Å². The SMILES string of the molecule is Cc1ccc(OCC(=O)NCCc2ccc3c(c2)OCCO3)cc1. The second kappa shape index (κ2) is 7.73. The lowest BCUT2D eigenvalue weighted by atomic mass is 10.1. The number of rotatable bonds is 6. The van der Waals surface area contributed by atoms with Gasteiger partial charge in [-0.25, -0.2) is 0 Å². The number of hydrogen-bond donors (Lipinski definition) is 1. The summed E-state index contributed by atoms with van der Waals surface area (Å²) in [5.74, 6) is 2.11. The van der Waals surface area contributed by atoms with Crippen molar-refractivity contribution in [3.05, 3.63) is 53.6 Å². The fourth-order valence-corrected chi connectivity index (χ4v) is 2.42. The van der Waals surface area contributed by atoms with Gasteiger partial charge in [-0.2, -0.15) is 0 Å². The number of fused-ring (bicyclic) bond motifs is 1. The van der Waals surface area contributed by atoms with Gasteiger partial charge in [-0.1, -0.05) is 23.8 Å². The third-order valence-corrected chi connectivity index (χ3v) is 3.73. The Morgan fingerprint density at radius 1 is 1.08 bits per heavy atom. The second-order valence-corrected chi connectivity index (χ2v) is 5.68. The normalized spacial score (nSPS) is 12.5. The Morgan fingerprint density at radius 3 is 2.62 bits per heavy atom. The van der Waals surface area contributed by atoms with Crippen molar-refractivity contribution in [2.75, 3.05) is 26.4 Å². The number of nitrogens with one attached hydrogen (secondary N) is 1. The molecular formula is C19H21NO4. The number of carbonyl (C=O) groups excluding carboxylic acids is 1. The molecule has 126 valence electrons. The van der Waals surface area contributed by atoms with Crippen LogP contribution in [-0.4, -0.2) is 32.3 Å². The monoisotopic (exact) mass is 327 g/mol. The highest BCUT2D eigenvalue weighted by atomic mass is 16.6. The second-order valence-electron chi connectivity index (χ2n) is 5.68. The Labute approximate surface area is 141 Å². The highest BCUT2D eigenvalue weighted by Crippen LogP contribution is 2.30. The molecule has 0 radical (unpaired) electrons. The summed E-state index contributed by atoms with van der Waals surface area (Å²) in [7, 11) is 0. The average Bonchev–Trinajstić information content (AvgIpc) is 2.61. The van der Waals surface area contributed by atoms with E-state index in [1.54, 1.807) is 0 Å². The molecule has 5 nitrogen and oxygen atoms in total. The third-order valence-electron chi connectivity index (χ3n) is 3.73. The molecule has 5 heteroatoms. The highest BCUT2D eigenvalue weighted by molar-refractivity contribution is 5.77. The first-order valence-corrected chi connectivity index (χ1v) is 8.05. The molecule has 0 saturated carbocycles. The van der Waals surface area contributed by atoms with E-state index >= 15 is 0 Å². The number of benzene rings is 2. The van der Waals surface area contributed by atoms with Crippen molar-refractivity contribution in [2.24, 2.45) is 0 Å². The van der Waals surface area contributed by atoms with Gasteiger partial charge in [-0.05, 0) is 43.2 Å². The molecule has 0 bridgehead atoms. The first-order chi connectivity index (χ1) is 11.7. The van der Waals surface area contributed by atoms with Crippen LogP contribution in [0.2, 0.25) is 0 Å². The van der Waals surface area contributed by atoms with Crippen molar-refractivity contribution < 1.29 is 19.0 Å². The summed E-state index contributed by atoms with van der Waals surface area (Å²) in [6.45, 7) is 3.74. The van der Waals surface area contributed by atoms with Crippen molar-refractivity contribution in [1.82, 2.24) is 5.32 Å². The molecule has 1 aliphatic rings. The molecule has 24 heavy (non-hydrogen) atoms. The molecule has 2 aromatic carbocycles. The Balaban J connectivity index is 1.41. The van der Waals surface area contributed by atoms with E-state index < -0.39 is 0 Å². The van der Waals surface area contributed by atoms with Crippen LogP contribution in [0.4, 0.5) is 0 Å². The minimum atomic E-state index is -0.131. The van der Waals surface area contributed by atoms with Crippen molar-refractivity contribution in [3.63, 3.8) is 0 Å². The number of amides is 1. The van der Waals surface area contributed by atoms with Crippen LogP contribution in [0.15, 0.2) is 42.5 Å². The van der Waals surface area contributed by atoms with Crippen LogP contribution in [0.3, 0.4) is 0 Å². The van der Waals surface area contributed by atoms with Gasteiger partial charge in [0, 0.05) is 6.54 Å². The van der Waals surface area contributed by atoms with E-state index in [0.29, 0.717) is 25.5 Å². The summed E-state index contributed by atoms with van der Waals surface area (Å²) in [6.07, 6.45) is 0.729. The van der Waals surface area contributed by atoms with E-state index in [4.69, 9.17) is 14.2 Å². The molecular weight excluding hydrogens is 306 g/mol. The van der Waals surface area contributed by atoms with Gasteiger partial charge in [0.25, 0.3) is 5.91 Å². The summed E-state index contributed by atoms with van der Waals surface area (Å²) in [5.41, 5.74) is 2.25. The van der Waals surface area contributed by atoms with Gasteiger partial charge < -0.3 is 19.5 Å². The van der Waals surface area contributed by atoms with Crippen LogP contribution < -0.4 is 19.5 Å². The van der Waals surface area contributed by atoms with Crippen LogP contribution in [0.5, 0.6) is 17.2 Å². The molecule has 0 saturated heterocycles. The predicted octanol–water partition coefficient (Wildman–Crippen LogP) is 2.50. The molecule has 0 aliphatic carbocycles. The summed E-state index contributed by atoms with van der Waals surface area (Å²) in [4.78, 5) is 11.8. The zero-order chi connectivity index (χ0) is 16.8. The maximum absolute atomic E-state index is 11.8. The minimum Gasteiger partial charge on any atom is -0.486 e. The highest BCUT2D eigenvalue weighted by Gasteiger charge is 2.11. The van der Waals surface area contributed by atoms with Crippen LogP contribution in [0, 0.1) is 6.92 Å². The Bertz CT molecular complexity index is 697. The van der Waals surface area contributed by atoms with Crippen molar-refractivity contribution in [2.45, 2.75) is 13.3 Å². The molecule has 3 rings (SSSR count). The summed E-state index contributed by atoms with van der Waals surface area (Å²) < 4.78 is 16.5. The molecule has 1 heterocycles. The standard InChI is InChI=1S/C19H21NO4/c1-14-2-5-16(6-3-14)24-13-19(21)20-9-8-15-4-7-17-18(12-15)23-11-10-22-17/h2-7,12H,8-11,13H2,1H3,(H,20,21).